The van der Waals surface area contributed by atoms with Crippen LogP contribution in [0.2, 0.25) is 0 Å². The number of rotatable bonds is 1. The Hall–Kier alpha value is -0.570. The maximum absolute atomic E-state index is 10.8. The van der Waals surface area contributed by atoms with Gasteiger partial charge in [-0.25, -0.2) is 5.06 Å². The molecule has 0 saturated carbocycles. The molecule has 1 heterocycles. The van der Waals surface area contributed by atoms with Gasteiger partial charge in [-0.3, -0.25) is 10.0 Å². The molecule has 0 aromatic rings. The highest BCUT2D eigenvalue weighted by Crippen LogP contribution is 2.19. The Kier molecular flexibility index (Phi) is 2.27. The number of carbonyl (C=O) groups excluding carboxylic acids is 1. The van der Waals surface area contributed by atoms with Gasteiger partial charge in [0.1, 0.15) is 0 Å². The smallest absolute Gasteiger partial charge is 0.246 e. The molecule has 1 N–H and O–H groups in total. The lowest BCUT2D eigenvalue weighted by atomic mass is 9.95. The van der Waals surface area contributed by atoms with E-state index in [9.17, 15) is 4.79 Å². The first-order chi connectivity index (χ1) is 4.74. The lowest BCUT2D eigenvalue weighted by molar-refractivity contribution is -0.172. The summed E-state index contributed by atoms with van der Waals surface area (Å²) in [6.45, 7) is 2.59. The average Bonchev–Trinajstić information content (AvgIpc) is 1.95. The first-order valence-corrected chi connectivity index (χ1v) is 3.73. The highest BCUT2D eigenvalue weighted by Gasteiger charge is 2.22. The molecule has 1 aliphatic heterocycles. The van der Waals surface area contributed by atoms with Gasteiger partial charge < -0.3 is 0 Å². The highest BCUT2D eigenvalue weighted by atomic mass is 16.5. The predicted octanol–water partition coefficient (Wildman–Crippen LogP) is 1.02. The summed E-state index contributed by atoms with van der Waals surface area (Å²) in [4.78, 5) is 10.8. The van der Waals surface area contributed by atoms with Crippen LogP contribution in [-0.2, 0) is 4.79 Å². The molecule has 1 amide bonds. The summed E-state index contributed by atoms with van der Waals surface area (Å²) in [6, 6.07) is 0. The second-order valence-corrected chi connectivity index (χ2v) is 2.78. The number of nitrogens with zero attached hydrogens (tertiary/aromatic N) is 1. The largest absolute Gasteiger partial charge is 0.286 e. The molecular weight excluding hydrogens is 130 g/mol. The van der Waals surface area contributed by atoms with Gasteiger partial charge in [-0.15, -0.1) is 0 Å². The van der Waals surface area contributed by atoms with Crippen LogP contribution in [0.15, 0.2) is 0 Å². The first-order valence-electron chi connectivity index (χ1n) is 3.73. The van der Waals surface area contributed by atoms with Crippen LogP contribution in [0.4, 0.5) is 0 Å². The summed E-state index contributed by atoms with van der Waals surface area (Å²) < 4.78 is 0. The minimum absolute atomic E-state index is 0.127. The van der Waals surface area contributed by atoms with Gasteiger partial charge in [0, 0.05) is 13.0 Å². The Morgan fingerprint density at radius 2 is 2.50 bits per heavy atom. The normalized spacial score (nSPS) is 27.2. The Morgan fingerprint density at radius 3 is 3.00 bits per heavy atom. The average molecular weight is 143 g/mol. The summed E-state index contributed by atoms with van der Waals surface area (Å²) in [5.41, 5.74) is 0. The summed E-state index contributed by atoms with van der Waals surface area (Å²) in [5.74, 6) is 0.369. The van der Waals surface area contributed by atoms with Crippen molar-refractivity contribution in [2.24, 2.45) is 5.92 Å². The van der Waals surface area contributed by atoms with Crippen molar-refractivity contribution in [2.45, 2.75) is 26.2 Å². The maximum atomic E-state index is 10.8. The Labute approximate surface area is 60.6 Å². The monoisotopic (exact) mass is 143 g/mol. The Balaban J connectivity index is 2.41. The molecule has 1 aliphatic rings. The maximum Gasteiger partial charge on any atom is 0.246 e. The van der Waals surface area contributed by atoms with E-state index < -0.39 is 0 Å². The van der Waals surface area contributed by atoms with Crippen molar-refractivity contribution in [3.63, 3.8) is 0 Å². The van der Waals surface area contributed by atoms with Crippen molar-refractivity contribution in [2.75, 3.05) is 6.54 Å². The van der Waals surface area contributed by atoms with Gasteiger partial charge in [0.05, 0.1) is 0 Å². The molecule has 0 radical (unpaired) electrons. The SMILES string of the molecule is CCC1CCN(O)C(=O)C1. The van der Waals surface area contributed by atoms with Crippen LogP contribution in [0.1, 0.15) is 26.2 Å². The third-order valence-corrected chi connectivity index (χ3v) is 2.08. The van der Waals surface area contributed by atoms with Crippen LogP contribution < -0.4 is 0 Å². The van der Waals surface area contributed by atoms with Crippen LogP contribution in [0.5, 0.6) is 0 Å². The van der Waals surface area contributed by atoms with E-state index in [1.807, 2.05) is 0 Å². The molecule has 3 heteroatoms. The molecule has 10 heavy (non-hydrogen) atoms. The molecule has 0 aliphatic carbocycles. The van der Waals surface area contributed by atoms with Gasteiger partial charge in [0.15, 0.2) is 0 Å². The van der Waals surface area contributed by atoms with Gasteiger partial charge in [-0.1, -0.05) is 13.3 Å². The molecule has 1 fully saturated rings. The van der Waals surface area contributed by atoms with Crippen LogP contribution in [0.3, 0.4) is 0 Å². The van der Waals surface area contributed by atoms with E-state index >= 15 is 0 Å². The van der Waals surface area contributed by atoms with E-state index in [-0.39, 0.29) is 5.91 Å². The molecule has 1 saturated heterocycles. The topological polar surface area (TPSA) is 40.5 Å². The van der Waals surface area contributed by atoms with Crippen molar-refractivity contribution in [3.05, 3.63) is 0 Å². The van der Waals surface area contributed by atoms with E-state index in [1.54, 1.807) is 0 Å². The zero-order valence-corrected chi connectivity index (χ0v) is 6.21. The third kappa shape index (κ3) is 1.48. The van der Waals surface area contributed by atoms with E-state index in [2.05, 4.69) is 6.92 Å². The van der Waals surface area contributed by atoms with Gasteiger partial charge in [0.25, 0.3) is 0 Å². The quantitative estimate of drug-likeness (QED) is 0.557. The number of hydroxylamine groups is 2. The number of amides is 1. The van der Waals surface area contributed by atoms with Gasteiger partial charge in [-0.05, 0) is 12.3 Å². The standard InChI is InChI=1S/C7H13NO2/c1-2-6-3-4-8(10)7(9)5-6/h6,10H,2-5H2,1H3. The molecule has 1 atom stereocenters. The number of carbonyl (C=O) groups is 1. The van der Waals surface area contributed by atoms with Crippen molar-refractivity contribution in [1.82, 2.24) is 5.06 Å². The summed E-state index contributed by atoms with van der Waals surface area (Å²) in [6.07, 6.45) is 2.51. The molecule has 58 valence electrons. The molecule has 1 unspecified atom stereocenters. The Bertz CT molecular complexity index is 136. The molecule has 3 nitrogen and oxygen atoms in total. The van der Waals surface area contributed by atoms with E-state index in [1.165, 1.54) is 0 Å². The fourth-order valence-corrected chi connectivity index (χ4v) is 1.23. The molecule has 0 aromatic carbocycles. The van der Waals surface area contributed by atoms with Gasteiger partial charge in [0.2, 0.25) is 5.91 Å². The molecule has 0 spiro atoms. The van der Waals surface area contributed by atoms with Crippen LogP contribution in [0, 0.1) is 5.92 Å². The molecule has 0 bridgehead atoms. The molecular formula is C7H13NO2. The van der Waals surface area contributed by atoms with Gasteiger partial charge in [-0.2, -0.15) is 0 Å². The van der Waals surface area contributed by atoms with E-state index in [4.69, 9.17) is 5.21 Å². The second kappa shape index (κ2) is 3.01. The third-order valence-electron chi connectivity index (χ3n) is 2.08. The van der Waals surface area contributed by atoms with E-state index in [0.717, 1.165) is 17.9 Å². The second-order valence-electron chi connectivity index (χ2n) is 2.78. The predicted molar refractivity (Wildman–Crippen MR) is 36.5 cm³/mol. The summed E-state index contributed by atoms with van der Waals surface area (Å²) in [7, 11) is 0. The fraction of sp³-hybridized carbons (Fsp3) is 0.857. The van der Waals surface area contributed by atoms with Crippen LogP contribution in [-0.4, -0.2) is 22.7 Å². The lowest BCUT2D eigenvalue weighted by Crippen LogP contribution is -2.35. The van der Waals surface area contributed by atoms with Crippen LogP contribution in [0.25, 0.3) is 0 Å². The molecule has 0 aromatic heterocycles. The molecule has 1 rings (SSSR count). The summed E-state index contributed by atoms with van der Waals surface area (Å²) >= 11 is 0. The fourth-order valence-electron chi connectivity index (χ4n) is 1.23. The summed E-state index contributed by atoms with van der Waals surface area (Å²) in [5, 5.41) is 9.70. The highest BCUT2D eigenvalue weighted by molar-refractivity contribution is 5.75. The number of hydrogen-bond acceptors (Lipinski definition) is 2. The van der Waals surface area contributed by atoms with Crippen molar-refractivity contribution in [3.8, 4) is 0 Å². The first kappa shape index (κ1) is 7.54. The van der Waals surface area contributed by atoms with Gasteiger partial charge >= 0.3 is 0 Å². The van der Waals surface area contributed by atoms with E-state index in [0.29, 0.717) is 18.9 Å². The zero-order valence-electron chi connectivity index (χ0n) is 6.21. The Morgan fingerprint density at radius 1 is 1.80 bits per heavy atom. The number of hydrogen-bond donors (Lipinski definition) is 1. The minimum atomic E-state index is -0.127. The van der Waals surface area contributed by atoms with Crippen molar-refractivity contribution in [1.29, 1.82) is 0 Å². The zero-order chi connectivity index (χ0) is 7.56. The number of piperidine rings is 1. The van der Waals surface area contributed by atoms with Crippen LogP contribution >= 0.6 is 0 Å². The minimum Gasteiger partial charge on any atom is -0.286 e. The lowest BCUT2D eigenvalue weighted by Gasteiger charge is -2.25. The van der Waals surface area contributed by atoms with Crippen molar-refractivity contribution >= 4 is 5.91 Å². The van der Waals surface area contributed by atoms with Crippen molar-refractivity contribution < 1.29 is 10.0 Å².